The third kappa shape index (κ3) is 4.50. The van der Waals surface area contributed by atoms with Gasteiger partial charge in [0.25, 0.3) is 0 Å². The third-order valence-electron chi connectivity index (χ3n) is 12.3. The number of furan rings is 1. The molecule has 0 amide bonds. The van der Waals surface area contributed by atoms with E-state index in [1.165, 1.54) is 49.7 Å². The molecule has 0 radical (unpaired) electrons. The predicted molar refractivity (Wildman–Crippen MR) is 237 cm³/mol. The van der Waals surface area contributed by atoms with Crippen molar-refractivity contribution < 1.29 is 4.42 Å². The molecule has 0 bridgehead atoms. The first-order valence-corrected chi connectivity index (χ1v) is 19.7. The van der Waals surface area contributed by atoms with Crippen LogP contribution >= 0.6 is 0 Å². The molecule has 0 fully saturated rings. The van der Waals surface area contributed by atoms with Crippen molar-refractivity contribution in [2.75, 3.05) is 4.90 Å². The van der Waals surface area contributed by atoms with Gasteiger partial charge in [0.2, 0.25) is 5.71 Å². The van der Waals surface area contributed by atoms with Crippen LogP contribution in [0.1, 0.15) is 25.0 Å². The van der Waals surface area contributed by atoms with E-state index in [4.69, 9.17) is 4.42 Å². The summed E-state index contributed by atoms with van der Waals surface area (Å²) in [6, 6.07) is 68.1. The van der Waals surface area contributed by atoms with Gasteiger partial charge in [-0.15, -0.1) is 0 Å². The van der Waals surface area contributed by atoms with Gasteiger partial charge in [0.1, 0.15) is 5.58 Å². The summed E-state index contributed by atoms with van der Waals surface area (Å²) in [5.41, 5.74) is 16.0. The zero-order valence-electron chi connectivity index (χ0n) is 31.6. The van der Waals surface area contributed by atoms with E-state index in [1.807, 2.05) is 6.07 Å². The highest BCUT2D eigenvalue weighted by molar-refractivity contribution is 6.22. The van der Waals surface area contributed by atoms with Crippen LogP contribution in [-0.4, -0.2) is 9.13 Å². The second kappa shape index (κ2) is 11.8. The van der Waals surface area contributed by atoms with Gasteiger partial charge < -0.3 is 13.9 Å². The van der Waals surface area contributed by atoms with Crippen LogP contribution in [-0.2, 0) is 5.41 Å². The van der Waals surface area contributed by atoms with Crippen molar-refractivity contribution in [1.29, 1.82) is 0 Å². The molecule has 12 rings (SSSR count). The van der Waals surface area contributed by atoms with Gasteiger partial charge in [-0.25, -0.2) is 0 Å². The number of aromatic nitrogens is 2. The van der Waals surface area contributed by atoms with Crippen molar-refractivity contribution in [3.05, 3.63) is 199 Å². The molecule has 4 heterocycles. The average Bonchev–Trinajstić information content (AvgIpc) is 3.91. The lowest BCUT2D eigenvalue weighted by atomic mass is 9.73. The van der Waals surface area contributed by atoms with Crippen LogP contribution in [0.15, 0.2) is 192 Å². The molecule has 0 saturated carbocycles. The smallest absolute Gasteiger partial charge is 0.213 e. The monoisotopic (exact) mass is 731 g/mol. The highest BCUT2D eigenvalue weighted by atomic mass is 16.3. The van der Waals surface area contributed by atoms with Crippen molar-refractivity contribution in [2.45, 2.75) is 19.3 Å². The summed E-state index contributed by atoms with van der Waals surface area (Å²) in [7, 11) is 0. The molecule has 0 N–H and O–H groups in total. The number of benzene rings is 8. The minimum Gasteiger partial charge on any atom is -0.439 e. The number of hydrogen-bond acceptors (Lipinski definition) is 2. The van der Waals surface area contributed by atoms with Crippen LogP contribution in [0.4, 0.5) is 17.1 Å². The topological polar surface area (TPSA) is 26.2 Å². The lowest BCUT2D eigenvalue weighted by Crippen LogP contribution is -2.30. The summed E-state index contributed by atoms with van der Waals surface area (Å²) in [4.78, 5) is 2.45. The Morgan fingerprint density at radius 1 is 0.439 bits per heavy atom. The van der Waals surface area contributed by atoms with E-state index >= 15 is 0 Å². The van der Waals surface area contributed by atoms with E-state index in [0.29, 0.717) is 0 Å². The van der Waals surface area contributed by atoms with E-state index in [1.54, 1.807) is 0 Å². The van der Waals surface area contributed by atoms with Crippen LogP contribution in [0, 0.1) is 0 Å². The molecule has 1 aliphatic rings. The zero-order chi connectivity index (χ0) is 37.8. The molecule has 4 heteroatoms. The molecular formula is C53H37N3O. The van der Waals surface area contributed by atoms with E-state index in [9.17, 15) is 0 Å². The molecule has 1 aliphatic heterocycles. The first-order chi connectivity index (χ1) is 28.1. The fourth-order valence-corrected chi connectivity index (χ4v) is 9.71. The maximum absolute atomic E-state index is 6.61. The molecule has 11 aromatic rings. The summed E-state index contributed by atoms with van der Waals surface area (Å²) >= 11 is 0. The second-order valence-corrected chi connectivity index (χ2v) is 15.7. The van der Waals surface area contributed by atoms with Crippen molar-refractivity contribution in [3.8, 4) is 22.5 Å². The molecule has 4 nitrogen and oxygen atoms in total. The number of hydrogen-bond donors (Lipinski definition) is 0. The SMILES string of the molecule is CC1(C)c2ccccc2N(c2ccc3c(c2)c2ccccc2n3-c2ccc(-c3cccc4c5c6ccccc6oc5n(-c5ccccc5)c34)cc2)c2ccccc21. The number of anilines is 3. The molecule has 270 valence electrons. The molecule has 3 aromatic heterocycles. The van der Waals surface area contributed by atoms with Crippen LogP contribution in [0.25, 0.3) is 77.3 Å². The van der Waals surface area contributed by atoms with Gasteiger partial charge in [-0.2, -0.15) is 0 Å². The summed E-state index contributed by atoms with van der Waals surface area (Å²) in [5.74, 6) is 0. The van der Waals surface area contributed by atoms with Crippen LogP contribution in [0.3, 0.4) is 0 Å². The van der Waals surface area contributed by atoms with Gasteiger partial charge in [0.15, 0.2) is 0 Å². The first kappa shape index (κ1) is 32.0. The lowest BCUT2D eigenvalue weighted by molar-refractivity contribution is 0.632. The van der Waals surface area contributed by atoms with Gasteiger partial charge in [-0.05, 0) is 83.4 Å². The van der Waals surface area contributed by atoms with Crippen LogP contribution in [0.5, 0.6) is 0 Å². The first-order valence-electron chi connectivity index (χ1n) is 19.7. The summed E-state index contributed by atoms with van der Waals surface area (Å²) in [6.45, 7) is 4.68. The highest BCUT2D eigenvalue weighted by Gasteiger charge is 2.36. The molecule has 0 unspecified atom stereocenters. The van der Waals surface area contributed by atoms with Crippen molar-refractivity contribution >= 4 is 71.8 Å². The predicted octanol–water partition coefficient (Wildman–Crippen LogP) is 14.4. The Hall–Kier alpha value is -7.30. The average molecular weight is 732 g/mol. The van der Waals surface area contributed by atoms with Gasteiger partial charge in [0.05, 0.1) is 33.3 Å². The zero-order valence-corrected chi connectivity index (χ0v) is 31.6. The molecule has 0 atom stereocenters. The Kier molecular flexibility index (Phi) is 6.65. The summed E-state index contributed by atoms with van der Waals surface area (Å²) in [5, 5.41) is 5.92. The van der Waals surface area contributed by atoms with Crippen molar-refractivity contribution in [3.63, 3.8) is 0 Å². The minimum atomic E-state index is -0.106. The number of rotatable bonds is 4. The van der Waals surface area contributed by atoms with E-state index < -0.39 is 0 Å². The molecule has 0 aliphatic carbocycles. The van der Waals surface area contributed by atoms with E-state index in [0.717, 1.165) is 55.8 Å². The van der Waals surface area contributed by atoms with E-state index in [-0.39, 0.29) is 5.41 Å². The minimum absolute atomic E-state index is 0.106. The van der Waals surface area contributed by atoms with Gasteiger partial charge in [-0.1, -0.05) is 135 Å². The number of fused-ring (bicyclic) bond motifs is 10. The Bertz CT molecular complexity index is 3330. The Labute approximate surface area is 330 Å². The van der Waals surface area contributed by atoms with Gasteiger partial charge in [-0.3, -0.25) is 4.57 Å². The molecule has 8 aromatic carbocycles. The number of para-hydroxylation sites is 6. The van der Waals surface area contributed by atoms with Gasteiger partial charge >= 0.3 is 0 Å². The molecule has 0 spiro atoms. The Balaban J connectivity index is 1.02. The molecule has 0 saturated heterocycles. The maximum Gasteiger partial charge on any atom is 0.213 e. The normalized spacial score (nSPS) is 13.5. The second-order valence-electron chi connectivity index (χ2n) is 15.7. The molecule has 57 heavy (non-hydrogen) atoms. The third-order valence-corrected chi connectivity index (χ3v) is 12.3. The molecular weight excluding hydrogens is 695 g/mol. The fraction of sp³-hybridized carbons (Fsp3) is 0.0566. The Morgan fingerprint density at radius 2 is 1.04 bits per heavy atom. The highest BCUT2D eigenvalue weighted by Crippen LogP contribution is 2.52. The fourth-order valence-electron chi connectivity index (χ4n) is 9.71. The lowest BCUT2D eigenvalue weighted by Gasteiger charge is -2.42. The van der Waals surface area contributed by atoms with E-state index in [2.05, 4.69) is 210 Å². The van der Waals surface area contributed by atoms with Crippen molar-refractivity contribution in [1.82, 2.24) is 9.13 Å². The standard InChI is InChI=1S/C53H37N3O/c1-53(2)43-21-8-11-24-47(43)55(48-25-12-9-22-44(48)53)37-31-32-46-42(33-37)39-17-6-10-23-45(39)54(46)36-29-27-34(28-30-36)38-19-14-20-41-50-40-18-7-13-26-49(40)57-52(50)56(51(38)41)35-15-4-3-5-16-35/h3-33H,1-2H3. The largest absolute Gasteiger partial charge is 0.439 e. The Morgan fingerprint density at radius 3 is 1.81 bits per heavy atom. The van der Waals surface area contributed by atoms with Gasteiger partial charge in [0, 0.05) is 49.6 Å². The maximum atomic E-state index is 6.61. The van der Waals surface area contributed by atoms with Crippen molar-refractivity contribution in [2.24, 2.45) is 0 Å². The summed E-state index contributed by atoms with van der Waals surface area (Å²) in [6.07, 6.45) is 0. The van der Waals surface area contributed by atoms with Crippen LogP contribution in [0.2, 0.25) is 0 Å². The number of nitrogens with zero attached hydrogens (tertiary/aromatic N) is 3. The summed E-state index contributed by atoms with van der Waals surface area (Å²) < 4.78 is 11.3. The van der Waals surface area contributed by atoms with Crippen LogP contribution < -0.4 is 4.90 Å². The quantitative estimate of drug-likeness (QED) is 0.180.